The van der Waals surface area contributed by atoms with Gasteiger partial charge in [0.05, 0.1) is 12.8 Å². The van der Waals surface area contributed by atoms with Gasteiger partial charge < -0.3 is 20.2 Å². The van der Waals surface area contributed by atoms with Gasteiger partial charge in [0, 0.05) is 55.6 Å². The number of fused-ring (bicyclic) bond motifs is 1. The Labute approximate surface area is 163 Å². The fourth-order valence-corrected chi connectivity index (χ4v) is 4.12. The second kappa shape index (κ2) is 7.20. The van der Waals surface area contributed by atoms with Gasteiger partial charge in [-0.3, -0.25) is 9.78 Å². The van der Waals surface area contributed by atoms with Crippen molar-refractivity contribution in [2.75, 3.05) is 38.1 Å². The van der Waals surface area contributed by atoms with Crippen molar-refractivity contribution in [2.45, 2.75) is 6.92 Å². The van der Waals surface area contributed by atoms with Gasteiger partial charge in [-0.05, 0) is 19.1 Å². The van der Waals surface area contributed by atoms with Crippen molar-refractivity contribution in [1.29, 1.82) is 0 Å². The highest BCUT2D eigenvalue weighted by Crippen LogP contribution is 2.42. The van der Waals surface area contributed by atoms with Crippen LogP contribution in [0.2, 0.25) is 0 Å². The first-order chi connectivity index (χ1) is 13.5. The van der Waals surface area contributed by atoms with Gasteiger partial charge in [-0.25, -0.2) is 9.78 Å². The van der Waals surface area contributed by atoms with Gasteiger partial charge in [0.1, 0.15) is 5.69 Å². The molecule has 2 saturated heterocycles. The molecule has 2 unspecified atom stereocenters. The molecule has 2 atom stereocenters. The van der Waals surface area contributed by atoms with Gasteiger partial charge in [0.25, 0.3) is 5.91 Å². The highest BCUT2D eigenvalue weighted by Gasteiger charge is 2.54. The van der Waals surface area contributed by atoms with Crippen LogP contribution in [0.25, 0.3) is 0 Å². The molecule has 2 N–H and O–H groups in total. The van der Waals surface area contributed by atoms with Crippen LogP contribution in [-0.4, -0.2) is 69.6 Å². The number of nitrogens with zero attached hydrogens (tertiary/aromatic N) is 4. The van der Waals surface area contributed by atoms with E-state index in [1.165, 1.54) is 18.6 Å². The molecule has 0 saturated carbocycles. The van der Waals surface area contributed by atoms with Gasteiger partial charge in [0.2, 0.25) is 0 Å². The molecule has 0 aliphatic carbocycles. The predicted octanol–water partition coefficient (Wildman–Crippen LogP) is 1.38. The Balaban J connectivity index is 1.43. The standard InChI is InChI=1S/C20H23N5O3/c1-14-2-4-16(5-3-14)23-19(28)25-10-15-9-24(11-20(15,12-25)13-26)18(27)17-8-21-6-7-22-17/h2-8,15,26H,9-13H2,1H3,(H,23,28). The van der Waals surface area contributed by atoms with E-state index < -0.39 is 5.41 Å². The Morgan fingerprint density at radius 1 is 1.18 bits per heavy atom. The summed E-state index contributed by atoms with van der Waals surface area (Å²) in [6.45, 7) is 3.73. The number of likely N-dealkylation sites (tertiary alicyclic amines) is 2. The normalized spacial score (nSPS) is 23.6. The first kappa shape index (κ1) is 18.4. The topological polar surface area (TPSA) is 98.7 Å². The van der Waals surface area contributed by atoms with Crippen molar-refractivity contribution in [2.24, 2.45) is 11.3 Å². The van der Waals surface area contributed by atoms with Crippen molar-refractivity contribution in [3.8, 4) is 0 Å². The lowest BCUT2D eigenvalue weighted by molar-refractivity contribution is 0.0724. The Morgan fingerprint density at radius 2 is 1.89 bits per heavy atom. The summed E-state index contributed by atoms with van der Waals surface area (Å²) in [7, 11) is 0. The highest BCUT2D eigenvalue weighted by atomic mass is 16.3. The lowest BCUT2D eigenvalue weighted by Crippen LogP contribution is -2.41. The number of aliphatic hydroxyl groups is 1. The minimum Gasteiger partial charge on any atom is -0.396 e. The molecule has 146 valence electrons. The molecule has 8 heteroatoms. The van der Waals surface area contributed by atoms with Crippen molar-refractivity contribution in [3.63, 3.8) is 0 Å². The molecular weight excluding hydrogens is 358 g/mol. The van der Waals surface area contributed by atoms with Gasteiger partial charge in [-0.2, -0.15) is 0 Å². The number of benzene rings is 1. The third-order valence-electron chi connectivity index (χ3n) is 5.73. The van der Waals surface area contributed by atoms with Crippen LogP contribution in [0.4, 0.5) is 10.5 Å². The zero-order valence-corrected chi connectivity index (χ0v) is 15.7. The van der Waals surface area contributed by atoms with Crippen molar-refractivity contribution in [1.82, 2.24) is 19.8 Å². The smallest absolute Gasteiger partial charge is 0.321 e. The van der Waals surface area contributed by atoms with Gasteiger partial charge in [-0.1, -0.05) is 17.7 Å². The van der Waals surface area contributed by atoms with Crippen molar-refractivity contribution < 1.29 is 14.7 Å². The molecule has 3 heterocycles. The maximum atomic E-state index is 12.7. The number of amides is 3. The predicted molar refractivity (Wildman–Crippen MR) is 103 cm³/mol. The van der Waals surface area contributed by atoms with E-state index in [-0.39, 0.29) is 24.5 Å². The summed E-state index contributed by atoms with van der Waals surface area (Å²) in [5.41, 5.74) is 1.66. The van der Waals surface area contributed by atoms with Crippen molar-refractivity contribution in [3.05, 3.63) is 54.1 Å². The molecule has 2 aliphatic rings. The number of aromatic nitrogens is 2. The van der Waals surface area contributed by atoms with E-state index in [1.54, 1.807) is 9.80 Å². The van der Waals surface area contributed by atoms with Crippen LogP contribution in [0.5, 0.6) is 0 Å². The van der Waals surface area contributed by atoms with Crippen LogP contribution in [-0.2, 0) is 0 Å². The molecule has 1 aromatic heterocycles. The number of carbonyl (C=O) groups is 2. The number of hydrogen-bond acceptors (Lipinski definition) is 5. The zero-order chi connectivity index (χ0) is 19.7. The largest absolute Gasteiger partial charge is 0.396 e. The molecule has 2 aromatic rings. The van der Waals surface area contributed by atoms with Crippen LogP contribution >= 0.6 is 0 Å². The number of aliphatic hydroxyl groups excluding tert-OH is 1. The monoisotopic (exact) mass is 381 g/mol. The Hall–Kier alpha value is -3.00. The van der Waals surface area contributed by atoms with Crippen LogP contribution in [0, 0.1) is 18.3 Å². The molecule has 0 bridgehead atoms. The van der Waals surface area contributed by atoms with E-state index >= 15 is 0 Å². The van der Waals surface area contributed by atoms with E-state index in [4.69, 9.17) is 0 Å². The van der Waals surface area contributed by atoms with E-state index in [0.29, 0.717) is 31.9 Å². The molecule has 2 aliphatic heterocycles. The molecule has 28 heavy (non-hydrogen) atoms. The summed E-state index contributed by atoms with van der Waals surface area (Å²) in [6.07, 6.45) is 4.46. The van der Waals surface area contributed by atoms with Crippen LogP contribution < -0.4 is 5.32 Å². The third kappa shape index (κ3) is 3.31. The molecule has 0 spiro atoms. The zero-order valence-electron chi connectivity index (χ0n) is 15.7. The van der Waals surface area contributed by atoms with Crippen LogP contribution in [0.3, 0.4) is 0 Å². The van der Waals surface area contributed by atoms with Gasteiger partial charge in [0.15, 0.2) is 0 Å². The summed E-state index contributed by atoms with van der Waals surface area (Å²) < 4.78 is 0. The first-order valence-corrected chi connectivity index (χ1v) is 9.29. The number of rotatable bonds is 3. The number of carbonyl (C=O) groups excluding carboxylic acids is 2. The fourth-order valence-electron chi connectivity index (χ4n) is 4.12. The summed E-state index contributed by atoms with van der Waals surface area (Å²) in [5, 5.41) is 13.0. The molecule has 1 aromatic carbocycles. The number of anilines is 1. The second-order valence-electron chi connectivity index (χ2n) is 7.67. The number of nitrogens with one attached hydrogen (secondary N) is 1. The average Bonchev–Trinajstić information content (AvgIpc) is 3.25. The van der Waals surface area contributed by atoms with Crippen LogP contribution in [0.1, 0.15) is 16.1 Å². The molecule has 3 amide bonds. The Kier molecular flexibility index (Phi) is 4.72. The maximum Gasteiger partial charge on any atom is 0.321 e. The Morgan fingerprint density at radius 3 is 2.54 bits per heavy atom. The molecule has 8 nitrogen and oxygen atoms in total. The molecule has 0 radical (unpaired) electrons. The van der Waals surface area contributed by atoms with Crippen molar-refractivity contribution >= 4 is 17.6 Å². The second-order valence-corrected chi connectivity index (χ2v) is 7.67. The van der Waals surface area contributed by atoms with E-state index in [1.807, 2.05) is 31.2 Å². The van der Waals surface area contributed by atoms with Gasteiger partial charge in [-0.15, -0.1) is 0 Å². The maximum absolute atomic E-state index is 12.7. The number of urea groups is 1. The minimum atomic E-state index is -0.498. The lowest BCUT2D eigenvalue weighted by atomic mass is 9.82. The molecular formula is C20H23N5O3. The van der Waals surface area contributed by atoms with E-state index in [9.17, 15) is 14.7 Å². The molecule has 2 fully saturated rings. The fraction of sp³-hybridized carbons (Fsp3) is 0.400. The first-order valence-electron chi connectivity index (χ1n) is 9.29. The Bertz CT molecular complexity index is 873. The summed E-state index contributed by atoms with van der Waals surface area (Å²) in [4.78, 5) is 36.8. The van der Waals surface area contributed by atoms with Crippen LogP contribution in [0.15, 0.2) is 42.9 Å². The van der Waals surface area contributed by atoms with Gasteiger partial charge >= 0.3 is 6.03 Å². The van der Waals surface area contributed by atoms with E-state index in [2.05, 4.69) is 15.3 Å². The average molecular weight is 381 g/mol. The number of hydrogen-bond donors (Lipinski definition) is 2. The van der Waals surface area contributed by atoms with E-state index in [0.717, 1.165) is 11.3 Å². The summed E-state index contributed by atoms with van der Waals surface area (Å²) in [5.74, 6) is -0.159. The highest BCUT2D eigenvalue weighted by molar-refractivity contribution is 5.92. The SMILES string of the molecule is Cc1ccc(NC(=O)N2CC3CN(C(=O)c4cnccn4)CC3(CO)C2)cc1. The third-order valence-corrected chi connectivity index (χ3v) is 5.73. The summed E-state index contributed by atoms with van der Waals surface area (Å²) >= 11 is 0. The number of aryl methyl sites for hydroxylation is 1. The molecule has 4 rings (SSSR count). The minimum absolute atomic E-state index is 0.0295. The lowest BCUT2D eigenvalue weighted by Gasteiger charge is -2.27. The summed E-state index contributed by atoms with van der Waals surface area (Å²) in [6, 6.07) is 7.44. The quantitative estimate of drug-likeness (QED) is 0.837.